The van der Waals surface area contributed by atoms with Crippen molar-refractivity contribution in [2.45, 2.75) is 19.3 Å². The monoisotopic (exact) mass is 297 g/mol. The van der Waals surface area contributed by atoms with Crippen LogP contribution in [0.25, 0.3) is 10.2 Å². The molecule has 0 amide bonds. The maximum atomic E-state index is 5.73. The molecule has 2 aromatic rings. The second-order valence-corrected chi connectivity index (χ2v) is 6.11. The molecule has 3 rings (SSSR count). The van der Waals surface area contributed by atoms with Crippen LogP contribution in [-0.4, -0.2) is 11.6 Å². The first-order valence-corrected chi connectivity index (χ1v) is 7.11. The number of halogens is 1. The summed E-state index contributed by atoms with van der Waals surface area (Å²) < 4.78 is 8.00. The Balaban J connectivity index is 1.76. The second kappa shape index (κ2) is 4.34. The largest absolute Gasteiger partial charge is 0.470 e. The van der Waals surface area contributed by atoms with Crippen LogP contribution in [-0.2, 0) is 0 Å². The number of thiazole rings is 1. The minimum absolute atomic E-state index is 0.763. The minimum Gasteiger partial charge on any atom is -0.470 e. The summed E-state index contributed by atoms with van der Waals surface area (Å²) in [6.45, 7) is 0.834. The molecular formula is C12H12BrNOS. The van der Waals surface area contributed by atoms with E-state index >= 15 is 0 Å². The third kappa shape index (κ3) is 2.09. The van der Waals surface area contributed by atoms with E-state index in [4.69, 9.17) is 4.74 Å². The van der Waals surface area contributed by atoms with Crippen LogP contribution in [0.2, 0.25) is 0 Å². The van der Waals surface area contributed by atoms with Crippen LogP contribution in [0.15, 0.2) is 22.7 Å². The highest BCUT2D eigenvalue weighted by molar-refractivity contribution is 9.10. The molecule has 0 bridgehead atoms. The number of fused-ring (bicyclic) bond motifs is 1. The smallest absolute Gasteiger partial charge is 0.274 e. The summed E-state index contributed by atoms with van der Waals surface area (Å²) >= 11 is 5.09. The highest BCUT2D eigenvalue weighted by Gasteiger charge is 2.18. The van der Waals surface area contributed by atoms with Crippen molar-refractivity contribution in [1.29, 1.82) is 0 Å². The maximum Gasteiger partial charge on any atom is 0.274 e. The molecule has 84 valence electrons. The van der Waals surface area contributed by atoms with Crippen molar-refractivity contribution < 1.29 is 4.74 Å². The Hall–Kier alpha value is -0.610. The van der Waals surface area contributed by atoms with Crippen LogP contribution in [0.5, 0.6) is 5.19 Å². The zero-order valence-corrected chi connectivity index (χ0v) is 11.2. The predicted molar refractivity (Wildman–Crippen MR) is 70.2 cm³/mol. The van der Waals surface area contributed by atoms with Gasteiger partial charge in [-0.3, -0.25) is 0 Å². The first kappa shape index (κ1) is 10.5. The lowest BCUT2D eigenvalue weighted by Gasteiger charge is -2.24. The molecular weight excluding hydrogens is 286 g/mol. The van der Waals surface area contributed by atoms with Gasteiger partial charge in [-0.2, -0.15) is 0 Å². The normalized spacial score (nSPS) is 16.3. The molecule has 1 aliphatic rings. The molecule has 1 saturated carbocycles. The van der Waals surface area contributed by atoms with Gasteiger partial charge in [-0.05, 0) is 37.0 Å². The third-order valence-electron chi connectivity index (χ3n) is 3.00. The first-order valence-electron chi connectivity index (χ1n) is 5.50. The van der Waals surface area contributed by atoms with Gasteiger partial charge >= 0.3 is 0 Å². The van der Waals surface area contributed by atoms with E-state index < -0.39 is 0 Å². The number of benzene rings is 1. The van der Waals surface area contributed by atoms with Gasteiger partial charge in [-0.15, -0.1) is 0 Å². The highest BCUT2D eigenvalue weighted by atomic mass is 79.9. The van der Waals surface area contributed by atoms with E-state index in [9.17, 15) is 0 Å². The van der Waals surface area contributed by atoms with Gasteiger partial charge in [0.25, 0.3) is 5.19 Å². The van der Waals surface area contributed by atoms with Crippen molar-refractivity contribution in [2.75, 3.05) is 6.61 Å². The first-order chi connectivity index (χ1) is 7.81. The van der Waals surface area contributed by atoms with Gasteiger partial charge in [0.2, 0.25) is 0 Å². The van der Waals surface area contributed by atoms with Crippen molar-refractivity contribution in [1.82, 2.24) is 4.98 Å². The van der Waals surface area contributed by atoms with Crippen molar-refractivity contribution >= 4 is 37.5 Å². The van der Waals surface area contributed by atoms with Crippen LogP contribution in [0.1, 0.15) is 19.3 Å². The number of nitrogens with zero attached hydrogens (tertiary/aromatic N) is 1. The van der Waals surface area contributed by atoms with Crippen LogP contribution in [0.3, 0.4) is 0 Å². The highest BCUT2D eigenvalue weighted by Crippen LogP contribution is 2.32. The Morgan fingerprint density at radius 1 is 1.44 bits per heavy atom. The number of rotatable bonds is 3. The van der Waals surface area contributed by atoms with E-state index in [1.807, 2.05) is 12.1 Å². The maximum absolute atomic E-state index is 5.73. The van der Waals surface area contributed by atoms with Gasteiger partial charge in [0, 0.05) is 4.47 Å². The zero-order chi connectivity index (χ0) is 11.0. The number of ether oxygens (including phenoxy) is 1. The Labute approximate surface area is 107 Å². The lowest BCUT2D eigenvalue weighted by atomic mass is 9.86. The molecule has 1 aliphatic carbocycles. The Kier molecular flexibility index (Phi) is 2.86. The predicted octanol–water partition coefficient (Wildman–Crippen LogP) is 4.24. The fourth-order valence-electron chi connectivity index (χ4n) is 1.79. The van der Waals surface area contributed by atoms with E-state index in [0.717, 1.165) is 27.7 Å². The Morgan fingerprint density at radius 3 is 3.06 bits per heavy atom. The lowest BCUT2D eigenvalue weighted by Crippen LogP contribution is -2.19. The number of hydrogen-bond acceptors (Lipinski definition) is 3. The van der Waals surface area contributed by atoms with Crippen LogP contribution >= 0.6 is 27.3 Å². The SMILES string of the molecule is Brc1ccc2nc(OCC3CCC3)sc2c1. The van der Waals surface area contributed by atoms with Gasteiger partial charge in [0.05, 0.1) is 16.8 Å². The lowest BCUT2D eigenvalue weighted by molar-refractivity contribution is 0.180. The Morgan fingerprint density at radius 2 is 2.31 bits per heavy atom. The molecule has 16 heavy (non-hydrogen) atoms. The molecule has 0 aliphatic heterocycles. The molecule has 0 unspecified atom stereocenters. The Bertz CT molecular complexity index is 507. The average molecular weight is 298 g/mol. The molecule has 2 nitrogen and oxygen atoms in total. The quantitative estimate of drug-likeness (QED) is 0.845. The van der Waals surface area contributed by atoms with Crippen molar-refractivity contribution in [2.24, 2.45) is 5.92 Å². The third-order valence-corrected chi connectivity index (χ3v) is 4.42. The van der Waals surface area contributed by atoms with Crippen LogP contribution in [0, 0.1) is 5.92 Å². The summed E-state index contributed by atoms with van der Waals surface area (Å²) in [7, 11) is 0. The number of hydrogen-bond donors (Lipinski definition) is 0. The summed E-state index contributed by atoms with van der Waals surface area (Å²) in [5.74, 6) is 0.763. The molecule has 0 atom stereocenters. The topological polar surface area (TPSA) is 22.1 Å². The zero-order valence-electron chi connectivity index (χ0n) is 8.78. The van der Waals surface area contributed by atoms with Crippen molar-refractivity contribution in [3.63, 3.8) is 0 Å². The summed E-state index contributed by atoms with van der Waals surface area (Å²) in [5, 5.41) is 0.806. The molecule has 1 heterocycles. The van der Waals surface area contributed by atoms with Crippen LogP contribution < -0.4 is 4.74 Å². The van der Waals surface area contributed by atoms with E-state index in [1.165, 1.54) is 24.0 Å². The van der Waals surface area contributed by atoms with Gasteiger partial charge in [0.15, 0.2) is 0 Å². The van der Waals surface area contributed by atoms with Crippen molar-refractivity contribution in [3.8, 4) is 5.19 Å². The summed E-state index contributed by atoms with van der Waals surface area (Å²) in [6, 6.07) is 6.12. The van der Waals surface area contributed by atoms with E-state index in [0.29, 0.717) is 0 Å². The van der Waals surface area contributed by atoms with Crippen LogP contribution in [0.4, 0.5) is 0 Å². The summed E-state index contributed by atoms with van der Waals surface area (Å²) in [5.41, 5.74) is 1.02. The van der Waals surface area contributed by atoms with Gasteiger partial charge in [-0.1, -0.05) is 33.7 Å². The van der Waals surface area contributed by atoms with Gasteiger partial charge < -0.3 is 4.74 Å². The summed E-state index contributed by atoms with van der Waals surface area (Å²) in [4.78, 5) is 4.46. The summed E-state index contributed by atoms with van der Waals surface area (Å²) in [6.07, 6.45) is 3.99. The second-order valence-electron chi connectivity index (χ2n) is 4.20. The fraction of sp³-hybridized carbons (Fsp3) is 0.417. The molecule has 4 heteroatoms. The van der Waals surface area contributed by atoms with E-state index in [-0.39, 0.29) is 0 Å². The average Bonchev–Trinajstić information content (AvgIpc) is 2.57. The molecule has 1 aromatic carbocycles. The molecule has 0 N–H and O–H groups in total. The molecule has 0 spiro atoms. The van der Waals surface area contributed by atoms with Gasteiger partial charge in [0.1, 0.15) is 0 Å². The van der Waals surface area contributed by atoms with E-state index in [1.54, 1.807) is 11.3 Å². The molecule has 1 aromatic heterocycles. The fourth-order valence-corrected chi connectivity index (χ4v) is 3.16. The number of aromatic nitrogens is 1. The minimum atomic E-state index is 0.763. The molecule has 0 saturated heterocycles. The van der Waals surface area contributed by atoms with Crippen molar-refractivity contribution in [3.05, 3.63) is 22.7 Å². The molecule has 0 radical (unpaired) electrons. The van der Waals surface area contributed by atoms with E-state index in [2.05, 4.69) is 27.0 Å². The van der Waals surface area contributed by atoms with Gasteiger partial charge in [-0.25, -0.2) is 4.98 Å². The standard InChI is InChI=1S/C12H12BrNOS/c13-9-4-5-10-11(6-9)16-12(14-10)15-7-8-2-1-3-8/h4-6,8H,1-3,7H2. The molecule has 1 fully saturated rings.